The molecule has 0 unspecified atom stereocenters. The quantitative estimate of drug-likeness (QED) is 0.859. The minimum Gasteiger partial charge on any atom is -0.481 e. The van der Waals surface area contributed by atoms with Crippen LogP contribution in [0.3, 0.4) is 0 Å². The number of hydrogen-bond donors (Lipinski definition) is 1. The van der Waals surface area contributed by atoms with Crippen molar-refractivity contribution in [2.24, 2.45) is 0 Å². The molecule has 0 spiro atoms. The molecule has 0 saturated heterocycles. The van der Waals surface area contributed by atoms with E-state index in [2.05, 4.69) is 5.32 Å². The third-order valence-electron chi connectivity index (χ3n) is 2.76. The number of amides is 1. The summed E-state index contributed by atoms with van der Waals surface area (Å²) in [4.78, 5) is 12.0. The Balaban J connectivity index is 2.61. The topological polar surface area (TPSA) is 38.3 Å². The van der Waals surface area contributed by atoms with Crippen molar-refractivity contribution >= 4 is 17.5 Å². The van der Waals surface area contributed by atoms with Gasteiger partial charge in [0.2, 0.25) is 0 Å². The third-order valence-corrected chi connectivity index (χ3v) is 3.01. The van der Waals surface area contributed by atoms with Crippen LogP contribution in [0.1, 0.15) is 33.6 Å². The van der Waals surface area contributed by atoms with Gasteiger partial charge in [-0.05, 0) is 44.0 Å². The molecule has 4 heteroatoms. The van der Waals surface area contributed by atoms with Crippen molar-refractivity contribution in [1.29, 1.82) is 0 Å². The summed E-state index contributed by atoms with van der Waals surface area (Å²) in [6.45, 7) is 5.94. The number of carbonyl (C=O) groups is 1. The molecule has 1 rings (SSSR count). The van der Waals surface area contributed by atoms with Crippen molar-refractivity contribution in [2.45, 2.75) is 45.8 Å². The lowest BCUT2D eigenvalue weighted by Gasteiger charge is -2.19. The van der Waals surface area contributed by atoms with Gasteiger partial charge >= 0.3 is 0 Å². The summed E-state index contributed by atoms with van der Waals surface area (Å²) in [5, 5.41) is 3.57. The van der Waals surface area contributed by atoms with Crippen molar-refractivity contribution in [3.8, 4) is 5.75 Å². The fourth-order valence-electron chi connectivity index (χ4n) is 1.44. The second-order valence-electron chi connectivity index (χ2n) is 4.29. The molecule has 18 heavy (non-hydrogen) atoms. The lowest BCUT2D eigenvalue weighted by atomic mass is 10.2. The van der Waals surface area contributed by atoms with Crippen molar-refractivity contribution in [2.75, 3.05) is 0 Å². The molecule has 100 valence electrons. The second-order valence-corrected chi connectivity index (χ2v) is 4.72. The fraction of sp³-hybridized carbons (Fsp3) is 0.500. The zero-order valence-electron chi connectivity index (χ0n) is 11.1. The molecule has 0 aliphatic heterocycles. The maximum atomic E-state index is 12.0. The smallest absolute Gasteiger partial charge is 0.261 e. The predicted octanol–water partition coefficient (Wildman–Crippen LogP) is 3.41. The van der Waals surface area contributed by atoms with E-state index >= 15 is 0 Å². The first kappa shape index (κ1) is 14.8. The van der Waals surface area contributed by atoms with Gasteiger partial charge in [-0.2, -0.15) is 0 Å². The Hall–Kier alpha value is -1.22. The predicted molar refractivity (Wildman–Crippen MR) is 74.1 cm³/mol. The van der Waals surface area contributed by atoms with E-state index in [-0.39, 0.29) is 11.9 Å². The Morgan fingerprint density at radius 2 is 1.89 bits per heavy atom. The number of nitrogens with one attached hydrogen (secondary N) is 1. The molecular formula is C14H20ClNO2. The van der Waals surface area contributed by atoms with Gasteiger partial charge in [0.25, 0.3) is 5.91 Å². The molecule has 0 fully saturated rings. The zero-order chi connectivity index (χ0) is 13.5. The van der Waals surface area contributed by atoms with Crippen molar-refractivity contribution in [3.63, 3.8) is 0 Å². The largest absolute Gasteiger partial charge is 0.481 e. The highest BCUT2D eigenvalue weighted by Gasteiger charge is 2.19. The van der Waals surface area contributed by atoms with E-state index in [1.807, 2.05) is 20.8 Å². The van der Waals surface area contributed by atoms with Gasteiger partial charge in [0.05, 0.1) is 0 Å². The standard InChI is InChI=1S/C14H20ClNO2/c1-4-10(3)16-14(17)13(5-2)18-12-8-6-11(15)7-9-12/h6-10,13H,4-5H2,1-3H3,(H,16,17)/t10-,13-/m0/s1. The molecule has 2 atom stereocenters. The van der Waals surface area contributed by atoms with Gasteiger partial charge in [0.15, 0.2) is 6.10 Å². The summed E-state index contributed by atoms with van der Waals surface area (Å²) in [6.07, 6.45) is 1.08. The van der Waals surface area contributed by atoms with Crippen LogP contribution in [-0.2, 0) is 4.79 Å². The van der Waals surface area contributed by atoms with E-state index < -0.39 is 6.10 Å². The highest BCUT2D eigenvalue weighted by Crippen LogP contribution is 2.17. The molecule has 0 aromatic heterocycles. The molecule has 1 aromatic carbocycles. The number of ether oxygens (including phenoxy) is 1. The Kier molecular flexibility index (Phi) is 5.99. The lowest BCUT2D eigenvalue weighted by molar-refractivity contribution is -0.128. The number of hydrogen-bond acceptors (Lipinski definition) is 2. The van der Waals surface area contributed by atoms with Gasteiger partial charge in [-0.1, -0.05) is 25.4 Å². The van der Waals surface area contributed by atoms with Gasteiger partial charge < -0.3 is 10.1 Å². The van der Waals surface area contributed by atoms with E-state index in [0.717, 1.165) is 6.42 Å². The Bertz CT molecular complexity index is 378. The first-order chi connectivity index (χ1) is 8.56. The Morgan fingerprint density at radius 3 is 2.39 bits per heavy atom. The van der Waals surface area contributed by atoms with Gasteiger partial charge in [0, 0.05) is 11.1 Å². The van der Waals surface area contributed by atoms with Crippen molar-refractivity contribution in [1.82, 2.24) is 5.32 Å². The van der Waals surface area contributed by atoms with E-state index in [9.17, 15) is 4.79 Å². The summed E-state index contributed by atoms with van der Waals surface area (Å²) in [5.41, 5.74) is 0. The Morgan fingerprint density at radius 1 is 1.28 bits per heavy atom. The molecule has 1 amide bonds. The highest BCUT2D eigenvalue weighted by atomic mass is 35.5. The summed E-state index contributed by atoms with van der Waals surface area (Å²) < 4.78 is 5.66. The molecule has 0 radical (unpaired) electrons. The number of carbonyl (C=O) groups excluding carboxylic acids is 1. The van der Waals surface area contributed by atoms with Crippen LogP contribution in [0.5, 0.6) is 5.75 Å². The molecule has 0 aliphatic rings. The molecule has 3 nitrogen and oxygen atoms in total. The molecule has 0 saturated carbocycles. The van der Waals surface area contributed by atoms with Crippen molar-refractivity contribution in [3.05, 3.63) is 29.3 Å². The van der Waals surface area contributed by atoms with Crippen LogP contribution in [0.25, 0.3) is 0 Å². The summed E-state index contributed by atoms with van der Waals surface area (Å²) in [7, 11) is 0. The van der Waals surface area contributed by atoms with E-state index in [0.29, 0.717) is 17.2 Å². The normalized spacial score (nSPS) is 13.8. The minimum absolute atomic E-state index is 0.0678. The van der Waals surface area contributed by atoms with E-state index in [1.54, 1.807) is 24.3 Å². The summed E-state index contributed by atoms with van der Waals surface area (Å²) in [5.74, 6) is 0.590. The molecule has 1 aromatic rings. The first-order valence-corrected chi connectivity index (χ1v) is 6.67. The minimum atomic E-state index is -0.458. The maximum absolute atomic E-state index is 12.0. The zero-order valence-corrected chi connectivity index (χ0v) is 11.8. The maximum Gasteiger partial charge on any atom is 0.261 e. The van der Waals surface area contributed by atoms with Crippen LogP contribution < -0.4 is 10.1 Å². The SMILES string of the molecule is CC[C@H](Oc1ccc(Cl)cc1)C(=O)N[C@@H](C)CC. The number of rotatable bonds is 6. The van der Waals surface area contributed by atoms with Gasteiger partial charge in [-0.15, -0.1) is 0 Å². The Labute approximate surface area is 113 Å². The van der Waals surface area contributed by atoms with Gasteiger partial charge in [-0.3, -0.25) is 4.79 Å². The lowest BCUT2D eigenvalue weighted by Crippen LogP contribution is -2.42. The molecule has 0 heterocycles. The average molecular weight is 270 g/mol. The fourth-order valence-corrected chi connectivity index (χ4v) is 1.56. The first-order valence-electron chi connectivity index (χ1n) is 6.29. The molecule has 0 bridgehead atoms. The third kappa shape index (κ3) is 4.57. The van der Waals surface area contributed by atoms with Gasteiger partial charge in [-0.25, -0.2) is 0 Å². The summed E-state index contributed by atoms with van der Waals surface area (Å²) in [6, 6.07) is 7.19. The van der Waals surface area contributed by atoms with E-state index in [1.165, 1.54) is 0 Å². The average Bonchev–Trinajstić information content (AvgIpc) is 2.37. The van der Waals surface area contributed by atoms with Crippen LogP contribution in [0.2, 0.25) is 5.02 Å². The van der Waals surface area contributed by atoms with Crippen LogP contribution in [0, 0.1) is 0 Å². The van der Waals surface area contributed by atoms with Crippen LogP contribution >= 0.6 is 11.6 Å². The second kappa shape index (κ2) is 7.27. The monoisotopic (exact) mass is 269 g/mol. The van der Waals surface area contributed by atoms with E-state index in [4.69, 9.17) is 16.3 Å². The van der Waals surface area contributed by atoms with Crippen molar-refractivity contribution < 1.29 is 9.53 Å². The van der Waals surface area contributed by atoms with Crippen LogP contribution in [-0.4, -0.2) is 18.1 Å². The van der Waals surface area contributed by atoms with Crippen LogP contribution in [0.15, 0.2) is 24.3 Å². The highest BCUT2D eigenvalue weighted by molar-refractivity contribution is 6.30. The molecule has 0 aliphatic carbocycles. The van der Waals surface area contributed by atoms with Gasteiger partial charge in [0.1, 0.15) is 5.75 Å². The number of halogens is 1. The number of benzene rings is 1. The molecule has 1 N–H and O–H groups in total. The summed E-state index contributed by atoms with van der Waals surface area (Å²) >= 11 is 5.80. The van der Waals surface area contributed by atoms with Crippen LogP contribution in [0.4, 0.5) is 0 Å². The molecular weight excluding hydrogens is 250 g/mol.